The van der Waals surface area contributed by atoms with Gasteiger partial charge in [-0.15, -0.1) is 0 Å². The maximum atomic E-state index is 5.73. The van der Waals surface area contributed by atoms with E-state index in [1.807, 2.05) is 6.92 Å². The van der Waals surface area contributed by atoms with Crippen LogP contribution in [0.25, 0.3) is 0 Å². The SMILES string of the molecule is CCCNCc1cc(COCC2CCCCO2)oc1C. The second-order valence-electron chi connectivity index (χ2n) is 5.47. The van der Waals surface area contributed by atoms with Gasteiger partial charge in [-0.2, -0.15) is 0 Å². The van der Waals surface area contributed by atoms with Crippen molar-refractivity contribution in [3.05, 3.63) is 23.2 Å². The first kappa shape index (κ1) is 15.5. The lowest BCUT2D eigenvalue weighted by Crippen LogP contribution is -2.24. The first-order valence-electron chi connectivity index (χ1n) is 7.78. The maximum absolute atomic E-state index is 5.73. The van der Waals surface area contributed by atoms with Crippen molar-refractivity contribution in [2.24, 2.45) is 0 Å². The van der Waals surface area contributed by atoms with Gasteiger partial charge in [-0.1, -0.05) is 6.92 Å². The topological polar surface area (TPSA) is 43.6 Å². The van der Waals surface area contributed by atoms with Crippen molar-refractivity contribution >= 4 is 0 Å². The minimum atomic E-state index is 0.269. The van der Waals surface area contributed by atoms with Crippen molar-refractivity contribution in [2.75, 3.05) is 19.8 Å². The molecule has 4 heteroatoms. The van der Waals surface area contributed by atoms with Crippen LogP contribution in [0.15, 0.2) is 10.5 Å². The third-order valence-corrected chi connectivity index (χ3v) is 3.64. The smallest absolute Gasteiger partial charge is 0.130 e. The molecule has 1 unspecified atom stereocenters. The minimum absolute atomic E-state index is 0.269. The van der Waals surface area contributed by atoms with Crippen LogP contribution < -0.4 is 5.32 Å². The van der Waals surface area contributed by atoms with Crippen LogP contribution in [-0.2, 0) is 22.6 Å². The number of ether oxygens (including phenoxy) is 2. The van der Waals surface area contributed by atoms with Crippen molar-refractivity contribution in [3.63, 3.8) is 0 Å². The number of aryl methyl sites for hydroxylation is 1. The molecule has 1 saturated heterocycles. The van der Waals surface area contributed by atoms with Gasteiger partial charge in [-0.05, 0) is 45.2 Å². The molecule has 2 rings (SSSR count). The molecule has 1 aliphatic rings. The Kier molecular flexibility index (Phi) is 6.57. The van der Waals surface area contributed by atoms with Crippen LogP contribution in [0, 0.1) is 6.92 Å². The second-order valence-corrected chi connectivity index (χ2v) is 5.47. The summed E-state index contributed by atoms with van der Waals surface area (Å²) in [5.74, 6) is 1.90. The zero-order valence-corrected chi connectivity index (χ0v) is 12.7. The minimum Gasteiger partial charge on any atom is -0.464 e. The molecule has 0 aliphatic carbocycles. The number of hydrogen-bond acceptors (Lipinski definition) is 4. The highest BCUT2D eigenvalue weighted by molar-refractivity contribution is 5.20. The molecule has 0 amide bonds. The Morgan fingerprint density at radius 3 is 3.05 bits per heavy atom. The Hall–Kier alpha value is -0.840. The lowest BCUT2D eigenvalue weighted by atomic mass is 10.1. The Morgan fingerprint density at radius 2 is 2.30 bits per heavy atom. The molecule has 0 radical (unpaired) electrons. The van der Waals surface area contributed by atoms with Gasteiger partial charge in [0, 0.05) is 18.7 Å². The van der Waals surface area contributed by atoms with Gasteiger partial charge >= 0.3 is 0 Å². The van der Waals surface area contributed by atoms with E-state index in [1.54, 1.807) is 0 Å². The first-order chi connectivity index (χ1) is 9.79. The maximum Gasteiger partial charge on any atom is 0.130 e. The van der Waals surface area contributed by atoms with Gasteiger partial charge in [0.2, 0.25) is 0 Å². The largest absolute Gasteiger partial charge is 0.464 e. The van der Waals surface area contributed by atoms with Crippen LogP contribution >= 0.6 is 0 Å². The van der Waals surface area contributed by atoms with E-state index in [9.17, 15) is 0 Å². The van der Waals surface area contributed by atoms with E-state index >= 15 is 0 Å². The molecule has 1 aliphatic heterocycles. The molecule has 20 heavy (non-hydrogen) atoms. The van der Waals surface area contributed by atoms with Gasteiger partial charge < -0.3 is 19.2 Å². The number of rotatable bonds is 8. The van der Waals surface area contributed by atoms with E-state index in [4.69, 9.17) is 13.9 Å². The molecule has 114 valence electrons. The predicted molar refractivity (Wildman–Crippen MR) is 78.7 cm³/mol. The monoisotopic (exact) mass is 281 g/mol. The summed E-state index contributed by atoms with van der Waals surface area (Å²) in [5.41, 5.74) is 1.23. The van der Waals surface area contributed by atoms with Crippen LogP contribution in [0.5, 0.6) is 0 Å². The Morgan fingerprint density at radius 1 is 1.40 bits per heavy atom. The second kappa shape index (κ2) is 8.45. The number of hydrogen-bond donors (Lipinski definition) is 1. The third kappa shape index (κ3) is 4.93. The summed E-state index contributed by atoms with van der Waals surface area (Å²) < 4.78 is 17.1. The lowest BCUT2D eigenvalue weighted by molar-refractivity contribution is -0.0472. The normalized spacial score (nSPS) is 19.4. The highest BCUT2D eigenvalue weighted by Crippen LogP contribution is 2.17. The van der Waals surface area contributed by atoms with Gasteiger partial charge in [-0.25, -0.2) is 0 Å². The molecule has 1 aromatic heterocycles. The van der Waals surface area contributed by atoms with Crippen molar-refractivity contribution < 1.29 is 13.9 Å². The zero-order chi connectivity index (χ0) is 14.2. The van der Waals surface area contributed by atoms with E-state index in [0.717, 1.165) is 44.1 Å². The predicted octanol–water partition coefficient (Wildman–Crippen LogP) is 3.17. The molecule has 0 bridgehead atoms. The Bertz CT molecular complexity index is 383. The van der Waals surface area contributed by atoms with E-state index in [0.29, 0.717) is 13.2 Å². The van der Waals surface area contributed by atoms with Crippen LogP contribution in [-0.4, -0.2) is 25.9 Å². The molecule has 1 atom stereocenters. The van der Waals surface area contributed by atoms with E-state index in [-0.39, 0.29) is 6.10 Å². The van der Waals surface area contributed by atoms with Crippen molar-refractivity contribution in [2.45, 2.75) is 58.8 Å². The lowest BCUT2D eigenvalue weighted by Gasteiger charge is -2.21. The molecule has 1 N–H and O–H groups in total. The van der Waals surface area contributed by atoms with Crippen LogP contribution in [0.2, 0.25) is 0 Å². The molecular weight excluding hydrogens is 254 g/mol. The molecule has 4 nitrogen and oxygen atoms in total. The number of nitrogens with one attached hydrogen (secondary N) is 1. The molecular formula is C16H27NO3. The average Bonchev–Trinajstić information content (AvgIpc) is 2.81. The molecule has 2 heterocycles. The first-order valence-corrected chi connectivity index (χ1v) is 7.78. The van der Waals surface area contributed by atoms with Crippen LogP contribution in [0.3, 0.4) is 0 Å². The summed E-state index contributed by atoms with van der Waals surface area (Å²) in [6.45, 7) is 8.17. The molecule has 0 aromatic carbocycles. The van der Waals surface area contributed by atoms with Crippen LogP contribution in [0.1, 0.15) is 49.7 Å². The Labute approximate surface area is 121 Å². The van der Waals surface area contributed by atoms with Crippen LogP contribution in [0.4, 0.5) is 0 Å². The van der Waals surface area contributed by atoms with Gasteiger partial charge in [0.1, 0.15) is 18.1 Å². The van der Waals surface area contributed by atoms with Crippen molar-refractivity contribution in [3.8, 4) is 0 Å². The summed E-state index contributed by atoms with van der Waals surface area (Å²) in [7, 11) is 0. The number of furan rings is 1. The van der Waals surface area contributed by atoms with E-state index in [2.05, 4.69) is 18.3 Å². The van der Waals surface area contributed by atoms with Crippen molar-refractivity contribution in [1.82, 2.24) is 5.32 Å². The van der Waals surface area contributed by atoms with Gasteiger partial charge in [0.05, 0.1) is 12.7 Å². The Balaban J connectivity index is 1.71. The highest BCUT2D eigenvalue weighted by Gasteiger charge is 2.14. The molecule has 0 spiro atoms. The van der Waals surface area contributed by atoms with E-state index < -0.39 is 0 Å². The van der Waals surface area contributed by atoms with Gasteiger partial charge in [0.25, 0.3) is 0 Å². The summed E-state index contributed by atoms with van der Waals surface area (Å²) >= 11 is 0. The molecule has 1 aromatic rings. The standard InChI is InChI=1S/C16H27NO3/c1-3-7-17-10-14-9-16(20-13(14)2)12-18-11-15-6-4-5-8-19-15/h9,15,17H,3-8,10-12H2,1-2H3. The van der Waals surface area contributed by atoms with Gasteiger partial charge in [0.15, 0.2) is 0 Å². The van der Waals surface area contributed by atoms with Gasteiger partial charge in [-0.3, -0.25) is 0 Å². The summed E-state index contributed by atoms with van der Waals surface area (Å²) in [5, 5.41) is 3.39. The summed E-state index contributed by atoms with van der Waals surface area (Å²) in [4.78, 5) is 0. The zero-order valence-electron chi connectivity index (χ0n) is 12.7. The van der Waals surface area contributed by atoms with E-state index in [1.165, 1.54) is 18.4 Å². The fourth-order valence-corrected chi connectivity index (χ4v) is 2.46. The average molecular weight is 281 g/mol. The fourth-order valence-electron chi connectivity index (χ4n) is 2.46. The summed E-state index contributed by atoms with van der Waals surface area (Å²) in [6, 6.07) is 2.10. The molecule has 0 saturated carbocycles. The quantitative estimate of drug-likeness (QED) is 0.743. The van der Waals surface area contributed by atoms with Crippen molar-refractivity contribution in [1.29, 1.82) is 0 Å². The molecule has 1 fully saturated rings. The summed E-state index contributed by atoms with van der Waals surface area (Å²) in [6.07, 6.45) is 4.96. The third-order valence-electron chi connectivity index (χ3n) is 3.64. The fraction of sp³-hybridized carbons (Fsp3) is 0.750. The highest BCUT2D eigenvalue weighted by atomic mass is 16.5.